The summed E-state index contributed by atoms with van der Waals surface area (Å²) in [6.07, 6.45) is 45.6. The maximum absolute atomic E-state index is 12.8. The van der Waals surface area contributed by atoms with Crippen LogP contribution in [-0.2, 0) is 0 Å². The molecule has 0 aromatic carbocycles. The summed E-state index contributed by atoms with van der Waals surface area (Å²) in [7, 11) is 7.80. The van der Waals surface area contributed by atoms with Crippen molar-refractivity contribution in [3.05, 3.63) is 139 Å². The number of amides is 2. The highest BCUT2D eigenvalue weighted by Gasteiger charge is 2.28. The van der Waals surface area contributed by atoms with Crippen LogP contribution in [0.2, 0.25) is 0 Å². The van der Waals surface area contributed by atoms with Gasteiger partial charge in [0.05, 0.1) is 27.8 Å². The van der Waals surface area contributed by atoms with E-state index in [0.717, 1.165) is 124 Å². The van der Waals surface area contributed by atoms with Gasteiger partial charge in [-0.25, -0.2) is 39.9 Å². The van der Waals surface area contributed by atoms with E-state index in [0.29, 0.717) is 33.7 Å². The number of piperidine rings is 1. The number of nitrogens with one attached hydrogen (secondary N) is 4. The zero-order valence-electron chi connectivity index (χ0n) is 62.4. The van der Waals surface area contributed by atoms with E-state index in [4.69, 9.17) is 19.9 Å². The minimum Gasteiger partial charge on any atom is -0.349 e. The second-order valence-corrected chi connectivity index (χ2v) is 33.6. The fraction of sp³-hybridized carbons (Fsp3) is 0.470. The number of rotatable bonds is 14. The van der Waals surface area contributed by atoms with Crippen molar-refractivity contribution < 1.29 is 9.59 Å². The third kappa shape index (κ3) is 16.5. The molecule has 19 nitrogen and oxygen atoms in total. The van der Waals surface area contributed by atoms with Gasteiger partial charge in [0.2, 0.25) is 0 Å². The smallest absolute Gasteiger partial charge is 0.282 e. The number of carbonyl (C=O) groups is 2. The van der Waals surface area contributed by atoms with Crippen LogP contribution in [-0.4, -0.2) is 172 Å². The maximum atomic E-state index is 12.8. The average Bonchev–Trinajstić information content (AvgIpc) is 1.65. The molecule has 0 bridgehead atoms. The van der Waals surface area contributed by atoms with Gasteiger partial charge in [-0.2, -0.15) is 0 Å². The Hall–Kier alpha value is -8.32. The first-order chi connectivity index (χ1) is 51.9. The lowest BCUT2D eigenvalue weighted by molar-refractivity contribution is 0.0663. The van der Waals surface area contributed by atoms with E-state index < -0.39 is 0 Å². The van der Waals surface area contributed by atoms with Gasteiger partial charge in [-0.1, -0.05) is 63.9 Å². The summed E-state index contributed by atoms with van der Waals surface area (Å²) in [5.41, 5.74) is 18.7. The van der Waals surface area contributed by atoms with Gasteiger partial charge in [0.1, 0.15) is 22.6 Å². The van der Waals surface area contributed by atoms with Crippen LogP contribution in [0.25, 0.3) is 94.7 Å². The molecule has 3 saturated carbocycles. The highest BCUT2D eigenvalue weighted by atomic mass is 32.1. The molecule has 2 saturated heterocycles. The lowest BCUT2D eigenvalue weighted by atomic mass is 9.84. The molecular weight excluding hydrogens is 1400 g/mol. The fourth-order valence-corrected chi connectivity index (χ4v) is 19.9. The van der Waals surface area contributed by atoms with Gasteiger partial charge in [0.25, 0.3) is 11.8 Å². The molecule has 0 atom stereocenters. The molecule has 23 heteroatoms. The number of nitrogens with zero attached hydrogens (tertiary/aromatic N) is 13. The summed E-state index contributed by atoms with van der Waals surface area (Å²) in [6.45, 7) is 12.0. The third-order valence-electron chi connectivity index (χ3n) is 22.9. The van der Waals surface area contributed by atoms with Crippen LogP contribution in [0, 0.1) is 0 Å². The van der Waals surface area contributed by atoms with Crippen molar-refractivity contribution in [3.63, 3.8) is 0 Å². The highest BCUT2D eigenvalue weighted by Crippen LogP contribution is 2.42. The number of pyridine rings is 4. The quantitative estimate of drug-likeness (QED) is 0.0798. The van der Waals surface area contributed by atoms with Gasteiger partial charge < -0.3 is 44.4 Å². The molecule has 2 aliphatic heterocycles. The highest BCUT2D eigenvalue weighted by molar-refractivity contribution is 7.14. The van der Waals surface area contributed by atoms with E-state index in [1.165, 1.54) is 213 Å². The number of allylic oxidation sites excluding steroid dienone is 2. The van der Waals surface area contributed by atoms with Gasteiger partial charge in [-0.05, 0) is 188 Å². The molecule has 4 N–H and O–H groups in total. The lowest BCUT2D eigenvalue weighted by Crippen LogP contribution is -2.47. The molecule has 0 unspecified atom stereocenters. The molecule has 2 amide bonds. The van der Waals surface area contributed by atoms with E-state index >= 15 is 0 Å². The van der Waals surface area contributed by atoms with Gasteiger partial charge in [0, 0.05) is 174 Å². The molecule has 5 fully saturated rings. The SMILES string of the molecule is CCN(CC)c1nc(-c2c[nH]c3ncc(C4=CCCCC4)cc23)cs1.CN(C)C(=O)c1nc(-c2c[nH]c3ncc(C4CCCCC4)cc23)cs1.CN1CCC(c2nc(-c3c[nH]c4ncc(C5CCCCC5)cc34)cs2)CC1.CN1CCN(C(=O)c2nc(-c3c[nH]c4ncc(C5CCCCC5)cc34)cs2)CC1. The first kappa shape index (κ1) is 73.2. The topological polar surface area (TPSA) is 217 Å². The van der Waals surface area contributed by atoms with Crippen molar-refractivity contribution in [2.45, 2.75) is 172 Å². The van der Waals surface area contributed by atoms with E-state index in [-0.39, 0.29) is 11.8 Å². The molecule has 0 spiro atoms. The van der Waals surface area contributed by atoms with Gasteiger partial charge in [0.15, 0.2) is 15.1 Å². The Kier molecular flexibility index (Phi) is 23.4. The number of aromatic amines is 4. The van der Waals surface area contributed by atoms with E-state index in [2.05, 4.69) is 136 Å². The third-order valence-corrected chi connectivity index (χ3v) is 26.4. The summed E-state index contributed by atoms with van der Waals surface area (Å²) < 4.78 is 0. The largest absolute Gasteiger partial charge is 0.349 e. The molecule has 106 heavy (non-hydrogen) atoms. The minimum absolute atomic E-state index is 0.0511. The number of H-pyrrole nitrogens is 4. The van der Waals surface area contributed by atoms with Crippen LogP contribution >= 0.6 is 45.3 Å². The Morgan fingerprint density at radius 1 is 0.462 bits per heavy atom. The summed E-state index contributed by atoms with van der Waals surface area (Å²) in [5.74, 6) is 2.54. The number of likely N-dealkylation sites (tertiary alicyclic amines) is 1. The summed E-state index contributed by atoms with van der Waals surface area (Å²) in [5, 5.41) is 16.4. The van der Waals surface area contributed by atoms with Crippen LogP contribution in [0.1, 0.15) is 219 Å². The maximum Gasteiger partial charge on any atom is 0.282 e. The van der Waals surface area contributed by atoms with Crippen molar-refractivity contribution in [2.75, 3.05) is 85.4 Å². The lowest BCUT2D eigenvalue weighted by Gasteiger charge is -2.31. The monoisotopic (exact) mass is 1500 g/mol. The number of piperazine rings is 1. The Morgan fingerprint density at radius 3 is 1.38 bits per heavy atom. The van der Waals surface area contributed by atoms with Crippen molar-refractivity contribution in [3.8, 4) is 45.0 Å². The molecule has 14 heterocycles. The zero-order valence-corrected chi connectivity index (χ0v) is 65.7. The Morgan fingerprint density at radius 2 is 0.896 bits per heavy atom. The molecule has 12 aromatic rings. The van der Waals surface area contributed by atoms with E-state index in [1.54, 1.807) is 30.3 Å². The van der Waals surface area contributed by atoms with Crippen LogP contribution < -0.4 is 4.90 Å². The summed E-state index contributed by atoms with van der Waals surface area (Å²) in [6, 6.07) is 9.20. The van der Waals surface area contributed by atoms with E-state index in [1.807, 2.05) is 64.2 Å². The predicted octanol–water partition coefficient (Wildman–Crippen LogP) is 19.6. The Balaban J connectivity index is 0.000000113. The van der Waals surface area contributed by atoms with Crippen LogP contribution in [0.15, 0.2) is 101 Å². The van der Waals surface area contributed by atoms with Gasteiger partial charge in [-0.15, -0.1) is 45.3 Å². The Bertz CT molecular complexity index is 4970. The van der Waals surface area contributed by atoms with Crippen molar-refractivity contribution >= 4 is 112 Å². The standard InChI is InChI=1S/C22H27N5OS.C22H28N4S.C20H24N4S.C19H22N4OS/c1-26-7-9-27(10-8-26)22(28)21-25-19(14-29-21)18-13-24-20-17(18)11-16(12-23-20)15-5-3-2-4-6-15;1-26-9-7-16(8-10-26)22-25-20(14-27-22)19-13-24-21-18(19)11-17(12-23-21)15-5-3-2-4-6-15;1-3-24(4-2)20-23-18(13-25-20)17-12-22-19-16(17)10-15(11-21-19)14-8-6-5-7-9-14;1-23(2)19(24)18-22-16(11-25-18)15-10-21-17-14(15)8-13(9-20-17)12-6-4-3-5-7-12/h11-15H,2-10H2,1H3,(H,23,24);11-16H,2-10H2,1H3,(H,23,24);8,10-13H,3-7,9H2,1-2H3,(H,21,22);8-12H,3-7H2,1-2H3,(H,20,21). The minimum atomic E-state index is -0.0582. The van der Waals surface area contributed by atoms with E-state index in [9.17, 15) is 9.59 Å². The molecule has 4 aliphatic carbocycles. The zero-order chi connectivity index (χ0) is 72.6. The molecule has 18 rings (SSSR count). The number of anilines is 1. The number of fused-ring (bicyclic) bond motifs is 4. The number of thiazole rings is 4. The number of carbonyl (C=O) groups excluding carboxylic acids is 2. The Labute approximate surface area is 638 Å². The van der Waals surface area contributed by atoms with Gasteiger partial charge in [-0.3, -0.25) is 9.59 Å². The number of hydrogen-bond acceptors (Lipinski definition) is 17. The number of likely N-dealkylation sites (N-methyl/N-ethyl adjacent to an activating group) is 1. The molecule has 554 valence electrons. The summed E-state index contributed by atoms with van der Waals surface area (Å²) >= 11 is 6.38. The first-order valence-electron chi connectivity index (χ1n) is 38.9. The van der Waals surface area contributed by atoms with Crippen LogP contribution in [0.3, 0.4) is 0 Å². The van der Waals surface area contributed by atoms with Crippen molar-refractivity contribution in [1.29, 1.82) is 0 Å². The van der Waals surface area contributed by atoms with Crippen molar-refractivity contribution in [1.82, 2.24) is 79.4 Å². The average molecular weight is 1500 g/mol. The second-order valence-electron chi connectivity index (χ2n) is 30.1. The summed E-state index contributed by atoms with van der Waals surface area (Å²) in [4.78, 5) is 86.4. The number of aromatic nitrogens is 12. The van der Waals surface area contributed by atoms with Crippen molar-refractivity contribution in [2.24, 2.45) is 0 Å². The van der Waals surface area contributed by atoms with Crippen LogP contribution in [0.5, 0.6) is 0 Å². The molecule has 0 radical (unpaired) electrons. The normalized spacial score (nSPS) is 17.6. The van der Waals surface area contributed by atoms with Gasteiger partial charge >= 0.3 is 0 Å². The molecule has 12 aromatic heterocycles. The molecule has 6 aliphatic rings. The molecular formula is C83H101N17O2S4. The fourth-order valence-electron chi connectivity index (χ4n) is 16.4. The second kappa shape index (κ2) is 33.9. The van der Waals surface area contributed by atoms with Crippen LogP contribution in [0.4, 0.5) is 5.13 Å². The first-order valence-corrected chi connectivity index (χ1v) is 42.5. The number of hydrogen-bond donors (Lipinski definition) is 4. The predicted molar refractivity (Wildman–Crippen MR) is 437 cm³/mol.